The Morgan fingerprint density at radius 3 is 2.80 bits per heavy atom. The number of anilines is 1. The first-order valence-electron chi connectivity index (χ1n) is 4.98. The topological polar surface area (TPSA) is 27.1 Å². The molecule has 1 aromatic carbocycles. The van der Waals surface area contributed by atoms with E-state index in [1.54, 1.807) is 0 Å². The number of nitrogens with zero attached hydrogens (tertiary/aromatic N) is 1. The number of hydrogen-bond donors (Lipinski definition) is 1. The molecule has 0 aliphatic carbocycles. The first-order chi connectivity index (χ1) is 7.18. The number of hydrogen-bond acceptors (Lipinski definition) is 1. The van der Waals surface area contributed by atoms with E-state index in [1.807, 2.05) is 23.1 Å². The summed E-state index contributed by atoms with van der Waals surface area (Å²) < 4.78 is 0.960. The van der Waals surface area contributed by atoms with Crippen molar-refractivity contribution in [3.05, 3.63) is 27.7 Å². The minimum Gasteiger partial charge on any atom is -0.329 e. The van der Waals surface area contributed by atoms with Crippen molar-refractivity contribution in [2.75, 3.05) is 11.4 Å². The van der Waals surface area contributed by atoms with Crippen LogP contribution in [0.15, 0.2) is 22.7 Å². The molecule has 1 saturated heterocycles. The summed E-state index contributed by atoms with van der Waals surface area (Å²) in [5.41, 5.74) is 1.05. The quantitative estimate of drug-likeness (QED) is 0.828. The largest absolute Gasteiger partial charge is 0.329 e. The van der Waals surface area contributed by atoms with Crippen LogP contribution in [0, 0.1) is 5.41 Å². The molecule has 0 aromatic heterocycles. The third-order valence-electron chi connectivity index (χ3n) is 2.57. The lowest BCUT2D eigenvalue weighted by Crippen LogP contribution is -2.34. The van der Waals surface area contributed by atoms with Gasteiger partial charge in [-0.1, -0.05) is 11.6 Å². The van der Waals surface area contributed by atoms with Gasteiger partial charge in [0.2, 0.25) is 0 Å². The van der Waals surface area contributed by atoms with E-state index in [2.05, 4.69) is 15.9 Å². The molecule has 1 heterocycles. The molecule has 1 aliphatic rings. The van der Waals surface area contributed by atoms with Crippen molar-refractivity contribution < 1.29 is 0 Å². The summed E-state index contributed by atoms with van der Waals surface area (Å²) in [7, 11) is 0. The smallest absolute Gasteiger partial charge is 0.100 e. The first-order valence-corrected chi connectivity index (χ1v) is 6.15. The predicted octanol–water partition coefficient (Wildman–Crippen LogP) is 4.07. The van der Waals surface area contributed by atoms with Gasteiger partial charge in [0, 0.05) is 22.5 Å². The third kappa shape index (κ3) is 2.34. The van der Waals surface area contributed by atoms with Crippen LogP contribution in [-0.2, 0) is 0 Å². The molecule has 0 saturated carbocycles. The molecule has 1 aliphatic heterocycles. The Kier molecular flexibility index (Phi) is 3.32. The van der Waals surface area contributed by atoms with Gasteiger partial charge in [-0.15, -0.1) is 0 Å². The molecule has 0 atom stereocenters. The van der Waals surface area contributed by atoms with Gasteiger partial charge in [-0.2, -0.15) is 0 Å². The van der Waals surface area contributed by atoms with Crippen molar-refractivity contribution in [2.24, 2.45) is 0 Å². The Labute approximate surface area is 103 Å². The van der Waals surface area contributed by atoms with Crippen LogP contribution < -0.4 is 4.90 Å². The summed E-state index contributed by atoms with van der Waals surface area (Å²) in [6, 6.07) is 5.70. The van der Waals surface area contributed by atoms with Crippen LogP contribution in [0.4, 0.5) is 5.69 Å². The molecule has 0 bridgehead atoms. The van der Waals surface area contributed by atoms with Crippen LogP contribution in [0.25, 0.3) is 0 Å². The number of halogens is 2. The van der Waals surface area contributed by atoms with E-state index in [0.29, 0.717) is 10.9 Å². The maximum atomic E-state index is 7.91. The highest BCUT2D eigenvalue weighted by molar-refractivity contribution is 9.10. The number of rotatable bonds is 1. The van der Waals surface area contributed by atoms with E-state index < -0.39 is 0 Å². The highest BCUT2D eigenvalue weighted by Gasteiger charge is 2.18. The van der Waals surface area contributed by atoms with Crippen LogP contribution in [0.2, 0.25) is 5.02 Å². The SMILES string of the molecule is N=C1CCCCN1c1ccc(Cl)cc1Br. The van der Waals surface area contributed by atoms with Crippen molar-refractivity contribution in [1.82, 2.24) is 0 Å². The molecule has 0 radical (unpaired) electrons. The molecule has 0 amide bonds. The zero-order valence-electron chi connectivity index (χ0n) is 8.26. The van der Waals surface area contributed by atoms with Crippen LogP contribution in [0.3, 0.4) is 0 Å². The van der Waals surface area contributed by atoms with Gasteiger partial charge in [0.15, 0.2) is 0 Å². The minimum atomic E-state index is 0.698. The van der Waals surface area contributed by atoms with Gasteiger partial charge in [0.1, 0.15) is 5.84 Å². The van der Waals surface area contributed by atoms with Crippen molar-refractivity contribution >= 4 is 39.1 Å². The number of benzene rings is 1. The molecule has 2 nitrogen and oxygen atoms in total. The van der Waals surface area contributed by atoms with Gasteiger partial charge in [-0.05, 0) is 47.0 Å². The zero-order chi connectivity index (χ0) is 10.8. The van der Waals surface area contributed by atoms with E-state index >= 15 is 0 Å². The Morgan fingerprint density at radius 1 is 1.33 bits per heavy atom. The van der Waals surface area contributed by atoms with Gasteiger partial charge >= 0.3 is 0 Å². The second-order valence-corrected chi connectivity index (χ2v) is 4.94. The second kappa shape index (κ2) is 4.54. The minimum absolute atomic E-state index is 0.698. The van der Waals surface area contributed by atoms with E-state index in [9.17, 15) is 0 Å². The summed E-state index contributed by atoms with van der Waals surface area (Å²) >= 11 is 9.38. The predicted molar refractivity (Wildman–Crippen MR) is 68.1 cm³/mol. The normalized spacial score (nSPS) is 16.9. The van der Waals surface area contributed by atoms with Gasteiger partial charge in [0.25, 0.3) is 0 Å². The average Bonchev–Trinajstić information content (AvgIpc) is 2.20. The van der Waals surface area contributed by atoms with Gasteiger partial charge < -0.3 is 4.90 Å². The molecule has 1 fully saturated rings. The fourth-order valence-corrected chi connectivity index (χ4v) is 2.70. The molecule has 0 unspecified atom stereocenters. The highest BCUT2D eigenvalue weighted by atomic mass is 79.9. The van der Waals surface area contributed by atoms with Crippen LogP contribution in [-0.4, -0.2) is 12.4 Å². The van der Waals surface area contributed by atoms with Crippen molar-refractivity contribution in [3.63, 3.8) is 0 Å². The van der Waals surface area contributed by atoms with Gasteiger partial charge in [-0.3, -0.25) is 5.41 Å². The van der Waals surface area contributed by atoms with Crippen LogP contribution >= 0.6 is 27.5 Å². The van der Waals surface area contributed by atoms with Crippen LogP contribution in [0.1, 0.15) is 19.3 Å². The molecule has 2 rings (SSSR count). The fourth-order valence-electron chi connectivity index (χ4n) is 1.80. The molecule has 15 heavy (non-hydrogen) atoms. The lowest BCUT2D eigenvalue weighted by atomic mass is 10.1. The molecule has 1 aromatic rings. The third-order valence-corrected chi connectivity index (χ3v) is 3.44. The fraction of sp³-hybridized carbons (Fsp3) is 0.364. The zero-order valence-corrected chi connectivity index (χ0v) is 10.6. The van der Waals surface area contributed by atoms with Gasteiger partial charge in [-0.25, -0.2) is 0 Å². The Balaban J connectivity index is 2.31. The Hall–Kier alpha value is -0.540. The number of amidine groups is 1. The second-order valence-electron chi connectivity index (χ2n) is 3.65. The summed E-state index contributed by atoms with van der Waals surface area (Å²) in [6.07, 6.45) is 3.15. The van der Waals surface area contributed by atoms with Crippen LogP contribution in [0.5, 0.6) is 0 Å². The van der Waals surface area contributed by atoms with Crippen molar-refractivity contribution in [3.8, 4) is 0 Å². The summed E-state index contributed by atoms with van der Waals surface area (Å²) in [5, 5.41) is 8.62. The molecule has 4 heteroatoms. The standard InChI is InChI=1S/C11H12BrClN2/c12-9-7-8(13)4-5-10(9)15-6-2-1-3-11(15)14/h4-5,7,14H,1-3,6H2. The molecule has 1 N–H and O–H groups in total. The number of piperidine rings is 1. The lowest BCUT2D eigenvalue weighted by molar-refractivity contribution is 0.707. The maximum absolute atomic E-state index is 7.91. The van der Waals surface area contributed by atoms with Crippen molar-refractivity contribution in [1.29, 1.82) is 5.41 Å². The molecule has 0 spiro atoms. The summed E-state index contributed by atoms with van der Waals surface area (Å²) in [4.78, 5) is 2.05. The highest BCUT2D eigenvalue weighted by Crippen LogP contribution is 2.31. The Bertz CT molecular complexity index is 392. The maximum Gasteiger partial charge on any atom is 0.100 e. The lowest BCUT2D eigenvalue weighted by Gasteiger charge is -2.30. The molecular formula is C11H12BrClN2. The van der Waals surface area contributed by atoms with E-state index in [4.69, 9.17) is 17.0 Å². The van der Waals surface area contributed by atoms with E-state index in [1.165, 1.54) is 0 Å². The summed E-state index contributed by atoms with van der Waals surface area (Å²) in [5.74, 6) is 0.698. The molecular weight excluding hydrogens is 275 g/mol. The number of nitrogens with one attached hydrogen (secondary N) is 1. The van der Waals surface area contributed by atoms with E-state index in [-0.39, 0.29) is 0 Å². The monoisotopic (exact) mass is 286 g/mol. The van der Waals surface area contributed by atoms with E-state index in [0.717, 1.165) is 36.0 Å². The summed E-state index contributed by atoms with van der Waals surface area (Å²) in [6.45, 7) is 0.930. The van der Waals surface area contributed by atoms with Gasteiger partial charge in [0.05, 0.1) is 5.69 Å². The first kappa shape index (κ1) is 11.0. The van der Waals surface area contributed by atoms with Crippen molar-refractivity contribution in [2.45, 2.75) is 19.3 Å². The Morgan fingerprint density at radius 2 is 2.13 bits per heavy atom. The molecule has 80 valence electrons. The average molecular weight is 288 g/mol.